The third-order valence-corrected chi connectivity index (χ3v) is 4.72. The quantitative estimate of drug-likeness (QED) is 0.724. The molecule has 1 aromatic rings. The number of fused-ring (bicyclic) bond motifs is 1. The molecule has 0 N–H and O–H groups in total. The fraction of sp³-hybridized carbons (Fsp3) is 0.286. The number of amides is 2. The van der Waals surface area contributed by atoms with Gasteiger partial charge >= 0.3 is 0 Å². The van der Waals surface area contributed by atoms with Gasteiger partial charge in [0.15, 0.2) is 0 Å². The number of likely N-dealkylation sites (tertiary alicyclic amines) is 1. The van der Waals surface area contributed by atoms with E-state index in [-0.39, 0.29) is 23.7 Å². The highest BCUT2D eigenvalue weighted by molar-refractivity contribution is 8.03. The first kappa shape index (κ1) is 11.5. The van der Waals surface area contributed by atoms with Gasteiger partial charge < -0.3 is 0 Å². The summed E-state index contributed by atoms with van der Waals surface area (Å²) in [7, 11) is 1.58. The predicted molar refractivity (Wildman–Crippen MR) is 71.6 cm³/mol. The van der Waals surface area contributed by atoms with E-state index in [9.17, 15) is 9.59 Å². The summed E-state index contributed by atoms with van der Waals surface area (Å²) in [6.45, 7) is 0. The van der Waals surface area contributed by atoms with E-state index in [4.69, 9.17) is 0 Å². The Balaban J connectivity index is 1.95. The van der Waals surface area contributed by atoms with Crippen LogP contribution in [0.2, 0.25) is 0 Å². The van der Waals surface area contributed by atoms with Gasteiger partial charge in [-0.05, 0) is 16.5 Å². The molecule has 2 heterocycles. The summed E-state index contributed by atoms with van der Waals surface area (Å²) in [6, 6.07) is 9.91. The largest absolute Gasteiger partial charge is 0.285 e. The summed E-state index contributed by atoms with van der Waals surface area (Å²) < 4.78 is 0. The Morgan fingerprint density at radius 3 is 2.67 bits per heavy atom. The molecule has 92 valence electrons. The van der Waals surface area contributed by atoms with Crippen molar-refractivity contribution < 1.29 is 9.59 Å². The second-order valence-electron chi connectivity index (χ2n) is 4.59. The van der Waals surface area contributed by atoms with Crippen molar-refractivity contribution in [3.63, 3.8) is 0 Å². The molecule has 2 unspecified atom stereocenters. The van der Waals surface area contributed by atoms with Crippen molar-refractivity contribution in [1.29, 1.82) is 0 Å². The molecule has 18 heavy (non-hydrogen) atoms. The van der Waals surface area contributed by atoms with E-state index < -0.39 is 0 Å². The fourth-order valence-electron chi connectivity index (χ4n) is 2.49. The van der Waals surface area contributed by atoms with Gasteiger partial charge in [-0.3, -0.25) is 14.5 Å². The molecule has 2 atom stereocenters. The Kier molecular flexibility index (Phi) is 2.74. The number of thioether (sulfide) groups is 1. The molecule has 2 aliphatic rings. The van der Waals surface area contributed by atoms with Crippen molar-refractivity contribution >= 4 is 29.7 Å². The van der Waals surface area contributed by atoms with Gasteiger partial charge in [-0.15, -0.1) is 11.8 Å². The number of imide groups is 1. The number of nitrogens with zero attached hydrogens (tertiary/aromatic N) is 1. The normalized spacial score (nSPS) is 29.2. The number of rotatable bonds is 1. The minimum absolute atomic E-state index is 0.0334. The summed E-state index contributed by atoms with van der Waals surface area (Å²) in [4.78, 5) is 26.2. The zero-order chi connectivity index (χ0) is 12.7. The summed E-state index contributed by atoms with van der Waals surface area (Å²) in [5, 5.41) is 0. The summed E-state index contributed by atoms with van der Waals surface area (Å²) in [5.41, 5.74) is 1.08. The maximum Gasteiger partial charge on any atom is 0.237 e. The SMILES string of the molecule is CN1C(=O)C2CS/C(=C/c3ccccc3)C2C1=O. The topological polar surface area (TPSA) is 37.4 Å². The van der Waals surface area contributed by atoms with Gasteiger partial charge in [-0.25, -0.2) is 0 Å². The van der Waals surface area contributed by atoms with Crippen molar-refractivity contribution in [3.8, 4) is 0 Å². The molecule has 2 fully saturated rings. The van der Waals surface area contributed by atoms with Crippen molar-refractivity contribution in [3.05, 3.63) is 40.8 Å². The van der Waals surface area contributed by atoms with Crippen LogP contribution in [0.15, 0.2) is 35.2 Å². The van der Waals surface area contributed by atoms with Gasteiger partial charge in [0.25, 0.3) is 0 Å². The molecule has 0 saturated carbocycles. The van der Waals surface area contributed by atoms with Gasteiger partial charge in [-0.1, -0.05) is 30.3 Å². The highest BCUT2D eigenvalue weighted by Crippen LogP contribution is 2.46. The highest BCUT2D eigenvalue weighted by Gasteiger charge is 2.51. The minimum atomic E-state index is -0.243. The van der Waals surface area contributed by atoms with Crippen molar-refractivity contribution in [1.82, 2.24) is 4.90 Å². The van der Waals surface area contributed by atoms with E-state index in [2.05, 4.69) is 0 Å². The average Bonchev–Trinajstić information content (AvgIpc) is 2.89. The summed E-state index contributed by atoms with van der Waals surface area (Å²) in [6.07, 6.45) is 2.03. The smallest absolute Gasteiger partial charge is 0.237 e. The Labute approximate surface area is 110 Å². The van der Waals surface area contributed by atoms with Crippen LogP contribution in [0.3, 0.4) is 0 Å². The van der Waals surface area contributed by atoms with Gasteiger partial charge in [0, 0.05) is 12.8 Å². The first-order chi connectivity index (χ1) is 8.68. The number of carbonyl (C=O) groups excluding carboxylic acids is 2. The van der Waals surface area contributed by atoms with Crippen LogP contribution in [-0.2, 0) is 9.59 Å². The van der Waals surface area contributed by atoms with Crippen LogP contribution in [-0.4, -0.2) is 29.5 Å². The van der Waals surface area contributed by atoms with Crippen molar-refractivity contribution in [2.75, 3.05) is 12.8 Å². The third-order valence-electron chi connectivity index (χ3n) is 3.49. The molecule has 2 aliphatic heterocycles. The van der Waals surface area contributed by atoms with Crippen LogP contribution < -0.4 is 0 Å². The lowest BCUT2D eigenvalue weighted by molar-refractivity contribution is -0.137. The van der Waals surface area contributed by atoms with Gasteiger partial charge in [0.2, 0.25) is 11.8 Å². The molecule has 4 heteroatoms. The lowest BCUT2D eigenvalue weighted by atomic mass is 9.96. The van der Waals surface area contributed by atoms with E-state index >= 15 is 0 Å². The first-order valence-corrected chi connectivity index (χ1v) is 6.88. The standard InChI is InChI=1S/C14H13NO2S/c1-15-13(16)10-8-18-11(12(10)14(15)17)7-9-5-3-2-4-6-9/h2-7,10,12H,8H2,1H3/b11-7+. The lowest BCUT2D eigenvalue weighted by Gasteiger charge is -2.09. The molecule has 2 saturated heterocycles. The second-order valence-corrected chi connectivity index (χ2v) is 5.68. The van der Waals surface area contributed by atoms with Crippen LogP contribution in [0.5, 0.6) is 0 Å². The van der Waals surface area contributed by atoms with E-state index in [1.54, 1.807) is 18.8 Å². The van der Waals surface area contributed by atoms with Crippen LogP contribution in [0, 0.1) is 11.8 Å². The molecule has 1 aromatic carbocycles. The lowest BCUT2D eigenvalue weighted by Crippen LogP contribution is -2.27. The molecular weight excluding hydrogens is 246 g/mol. The van der Waals surface area contributed by atoms with Gasteiger partial charge in [0.05, 0.1) is 11.8 Å². The van der Waals surface area contributed by atoms with Crippen LogP contribution in [0.1, 0.15) is 5.56 Å². The van der Waals surface area contributed by atoms with E-state index in [0.717, 1.165) is 16.2 Å². The number of benzene rings is 1. The van der Waals surface area contributed by atoms with Crippen LogP contribution in [0.25, 0.3) is 6.08 Å². The van der Waals surface area contributed by atoms with Crippen molar-refractivity contribution in [2.24, 2.45) is 11.8 Å². The Bertz CT molecular complexity index is 538. The molecule has 0 bridgehead atoms. The maximum absolute atomic E-state index is 12.0. The molecule has 0 spiro atoms. The average molecular weight is 259 g/mol. The molecule has 3 rings (SSSR count). The Morgan fingerprint density at radius 2 is 1.94 bits per heavy atom. The number of hydrogen-bond donors (Lipinski definition) is 0. The van der Waals surface area contributed by atoms with Crippen molar-refractivity contribution in [2.45, 2.75) is 0 Å². The number of hydrogen-bond acceptors (Lipinski definition) is 3. The van der Waals surface area contributed by atoms with Crippen LogP contribution in [0.4, 0.5) is 0 Å². The molecule has 2 amide bonds. The Morgan fingerprint density at radius 1 is 1.22 bits per heavy atom. The van der Waals surface area contributed by atoms with E-state index in [1.165, 1.54) is 4.90 Å². The molecule has 0 radical (unpaired) electrons. The zero-order valence-electron chi connectivity index (χ0n) is 10.00. The van der Waals surface area contributed by atoms with Crippen LogP contribution >= 0.6 is 11.8 Å². The molecule has 0 aliphatic carbocycles. The molecular formula is C14H13NO2S. The monoisotopic (exact) mass is 259 g/mol. The predicted octanol–water partition coefficient (Wildman–Crippen LogP) is 2.01. The number of carbonyl (C=O) groups is 2. The zero-order valence-corrected chi connectivity index (χ0v) is 10.8. The highest BCUT2D eigenvalue weighted by atomic mass is 32.2. The summed E-state index contributed by atoms with van der Waals surface area (Å²) in [5.74, 6) is 0.236. The van der Waals surface area contributed by atoms with Gasteiger partial charge in [0.1, 0.15) is 0 Å². The van der Waals surface area contributed by atoms with E-state index in [1.807, 2.05) is 36.4 Å². The second kappa shape index (κ2) is 4.28. The Hall–Kier alpha value is -1.55. The summed E-state index contributed by atoms with van der Waals surface area (Å²) >= 11 is 1.63. The minimum Gasteiger partial charge on any atom is -0.285 e. The van der Waals surface area contributed by atoms with Gasteiger partial charge in [-0.2, -0.15) is 0 Å². The first-order valence-electron chi connectivity index (χ1n) is 5.89. The fourth-order valence-corrected chi connectivity index (χ4v) is 3.86. The molecule has 3 nitrogen and oxygen atoms in total. The van der Waals surface area contributed by atoms with E-state index in [0.29, 0.717) is 0 Å². The third kappa shape index (κ3) is 1.68. The maximum atomic E-state index is 12.0. The molecule has 0 aromatic heterocycles.